The van der Waals surface area contributed by atoms with E-state index in [0.717, 1.165) is 24.4 Å². The lowest BCUT2D eigenvalue weighted by atomic mass is 9.88. The highest BCUT2D eigenvalue weighted by Crippen LogP contribution is 2.32. The van der Waals surface area contributed by atoms with Gasteiger partial charge in [-0.1, -0.05) is 0 Å². The van der Waals surface area contributed by atoms with E-state index in [1.54, 1.807) is 11.3 Å². The van der Waals surface area contributed by atoms with E-state index in [4.69, 9.17) is 0 Å². The Balaban J connectivity index is 1.82. The number of Topliss-reactive ketones (excluding diaryl/α,β-unsaturated/α-hetero) is 1. The first kappa shape index (κ1) is 11.7. The molecule has 4 heteroatoms. The number of aryl methyl sites for hydroxylation is 1. The molecule has 0 spiro atoms. The third kappa shape index (κ3) is 2.12. The maximum Gasteiger partial charge on any atom is 0.132 e. The van der Waals surface area contributed by atoms with Crippen LogP contribution in [0.4, 0.5) is 0 Å². The molecule has 1 N–H and O–H groups in total. The summed E-state index contributed by atoms with van der Waals surface area (Å²) in [6, 6.07) is 2.12. The van der Waals surface area contributed by atoms with Crippen molar-refractivity contribution in [2.75, 3.05) is 0 Å². The van der Waals surface area contributed by atoms with Crippen molar-refractivity contribution < 1.29 is 4.79 Å². The van der Waals surface area contributed by atoms with Gasteiger partial charge in [-0.2, -0.15) is 0 Å². The van der Waals surface area contributed by atoms with Crippen molar-refractivity contribution in [1.82, 2.24) is 9.97 Å². The van der Waals surface area contributed by atoms with Crippen LogP contribution in [-0.2, 0) is 4.79 Å². The predicted molar refractivity (Wildman–Crippen MR) is 72.9 cm³/mol. The average molecular weight is 260 g/mol. The van der Waals surface area contributed by atoms with E-state index < -0.39 is 0 Å². The minimum atomic E-state index is 0.395. The van der Waals surface area contributed by atoms with Gasteiger partial charge < -0.3 is 4.98 Å². The number of hydrogen-bond donors (Lipinski definition) is 1. The molecular formula is C14H16N2OS. The molecule has 3 nitrogen and oxygen atoms in total. The Labute approximate surface area is 110 Å². The molecule has 1 fully saturated rings. The van der Waals surface area contributed by atoms with E-state index in [0.29, 0.717) is 24.5 Å². The van der Waals surface area contributed by atoms with E-state index >= 15 is 0 Å². The van der Waals surface area contributed by atoms with Gasteiger partial charge in [0.15, 0.2) is 0 Å². The lowest BCUT2D eigenvalue weighted by Crippen LogP contribution is -2.13. The lowest BCUT2D eigenvalue weighted by molar-refractivity contribution is -0.120. The predicted octanol–water partition coefficient (Wildman–Crippen LogP) is 3.67. The van der Waals surface area contributed by atoms with Gasteiger partial charge in [0.25, 0.3) is 0 Å². The Morgan fingerprint density at radius 3 is 2.83 bits per heavy atom. The third-order valence-electron chi connectivity index (χ3n) is 3.63. The molecule has 1 saturated carbocycles. The molecule has 1 aliphatic rings. The van der Waals surface area contributed by atoms with Gasteiger partial charge in [0.1, 0.15) is 11.6 Å². The zero-order valence-electron chi connectivity index (χ0n) is 10.4. The Morgan fingerprint density at radius 2 is 2.17 bits per heavy atom. The fourth-order valence-corrected chi connectivity index (χ4v) is 3.41. The Kier molecular flexibility index (Phi) is 3.04. The van der Waals surface area contributed by atoms with Crippen LogP contribution in [0, 0.1) is 6.92 Å². The van der Waals surface area contributed by atoms with E-state index in [2.05, 4.69) is 28.3 Å². The smallest absolute Gasteiger partial charge is 0.132 e. The number of imidazole rings is 1. The number of thiophene rings is 1. The van der Waals surface area contributed by atoms with Crippen LogP contribution in [0.2, 0.25) is 0 Å². The zero-order valence-corrected chi connectivity index (χ0v) is 11.2. The molecule has 18 heavy (non-hydrogen) atoms. The molecule has 0 aliphatic heterocycles. The van der Waals surface area contributed by atoms with Crippen molar-refractivity contribution in [3.63, 3.8) is 0 Å². The molecule has 0 unspecified atom stereocenters. The minimum Gasteiger partial charge on any atom is -0.341 e. The van der Waals surface area contributed by atoms with Crippen LogP contribution in [0.15, 0.2) is 17.6 Å². The van der Waals surface area contributed by atoms with Crippen molar-refractivity contribution in [2.24, 2.45) is 0 Å². The van der Waals surface area contributed by atoms with Crippen LogP contribution in [0.3, 0.4) is 0 Å². The lowest BCUT2D eigenvalue weighted by Gasteiger charge is -2.18. The summed E-state index contributed by atoms with van der Waals surface area (Å²) in [6.45, 7) is 2.12. The van der Waals surface area contributed by atoms with Gasteiger partial charge in [0.2, 0.25) is 0 Å². The van der Waals surface area contributed by atoms with Gasteiger partial charge in [-0.15, -0.1) is 11.3 Å². The van der Waals surface area contributed by atoms with Crippen molar-refractivity contribution in [3.8, 4) is 10.6 Å². The quantitative estimate of drug-likeness (QED) is 0.895. The summed E-state index contributed by atoms with van der Waals surface area (Å²) >= 11 is 1.74. The number of ketones is 1. The number of carbonyl (C=O) groups is 1. The van der Waals surface area contributed by atoms with E-state index in [-0.39, 0.29) is 0 Å². The second-order valence-corrected chi connectivity index (χ2v) is 5.84. The summed E-state index contributed by atoms with van der Waals surface area (Å²) in [7, 11) is 0. The van der Waals surface area contributed by atoms with Crippen LogP contribution in [-0.4, -0.2) is 15.8 Å². The first-order valence-electron chi connectivity index (χ1n) is 6.35. The van der Waals surface area contributed by atoms with Crippen molar-refractivity contribution in [3.05, 3.63) is 29.0 Å². The molecule has 0 radical (unpaired) electrons. The SMILES string of the molecule is Cc1ccsc1-c1cnc(C2CCC(=O)CC2)[nH]1. The van der Waals surface area contributed by atoms with Crippen LogP contribution >= 0.6 is 11.3 Å². The Hall–Kier alpha value is -1.42. The number of nitrogens with zero attached hydrogens (tertiary/aromatic N) is 1. The van der Waals surface area contributed by atoms with Crippen molar-refractivity contribution >= 4 is 17.1 Å². The topological polar surface area (TPSA) is 45.8 Å². The van der Waals surface area contributed by atoms with Crippen LogP contribution in [0.25, 0.3) is 10.6 Å². The number of carbonyl (C=O) groups excluding carboxylic acids is 1. The van der Waals surface area contributed by atoms with Crippen LogP contribution in [0.1, 0.15) is 43.0 Å². The van der Waals surface area contributed by atoms with Gasteiger partial charge in [-0.3, -0.25) is 4.79 Å². The first-order chi connectivity index (χ1) is 8.74. The normalized spacial score (nSPS) is 17.3. The summed E-state index contributed by atoms with van der Waals surface area (Å²) in [5.41, 5.74) is 2.39. The van der Waals surface area contributed by atoms with Gasteiger partial charge in [-0.25, -0.2) is 4.98 Å². The summed E-state index contributed by atoms with van der Waals surface area (Å²) in [4.78, 5) is 20.4. The third-order valence-corrected chi connectivity index (χ3v) is 4.68. The van der Waals surface area contributed by atoms with Gasteiger partial charge in [0.05, 0.1) is 16.8 Å². The summed E-state index contributed by atoms with van der Waals surface area (Å²) in [5.74, 6) is 1.87. The number of aromatic nitrogens is 2. The van der Waals surface area contributed by atoms with E-state index in [1.165, 1.54) is 10.4 Å². The summed E-state index contributed by atoms with van der Waals surface area (Å²) in [6.07, 6.45) is 5.21. The Morgan fingerprint density at radius 1 is 1.39 bits per heavy atom. The van der Waals surface area contributed by atoms with Gasteiger partial charge in [-0.05, 0) is 36.8 Å². The monoisotopic (exact) mass is 260 g/mol. The molecule has 3 rings (SSSR count). The molecule has 0 aromatic carbocycles. The fraction of sp³-hybridized carbons (Fsp3) is 0.429. The molecule has 2 aromatic rings. The molecule has 0 atom stereocenters. The highest BCUT2D eigenvalue weighted by Gasteiger charge is 2.22. The molecule has 2 aromatic heterocycles. The van der Waals surface area contributed by atoms with Gasteiger partial charge >= 0.3 is 0 Å². The highest BCUT2D eigenvalue weighted by atomic mass is 32.1. The summed E-state index contributed by atoms with van der Waals surface area (Å²) < 4.78 is 0. The van der Waals surface area contributed by atoms with Crippen molar-refractivity contribution in [1.29, 1.82) is 0 Å². The molecule has 94 valence electrons. The number of H-pyrrole nitrogens is 1. The first-order valence-corrected chi connectivity index (χ1v) is 7.23. The molecule has 2 heterocycles. The van der Waals surface area contributed by atoms with E-state index in [1.807, 2.05) is 6.20 Å². The molecule has 0 saturated heterocycles. The van der Waals surface area contributed by atoms with Crippen LogP contribution in [0.5, 0.6) is 0 Å². The van der Waals surface area contributed by atoms with Crippen LogP contribution < -0.4 is 0 Å². The maximum atomic E-state index is 11.2. The average Bonchev–Trinajstić information content (AvgIpc) is 2.98. The fourth-order valence-electron chi connectivity index (χ4n) is 2.52. The molecular weight excluding hydrogens is 244 g/mol. The number of hydrogen-bond acceptors (Lipinski definition) is 3. The standard InChI is InChI=1S/C14H16N2OS/c1-9-6-7-18-13(9)12-8-15-14(16-12)10-2-4-11(17)5-3-10/h6-8,10H,2-5H2,1H3,(H,15,16). The zero-order chi connectivity index (χ0) is 12.5. The maximum absolute atomic E-state index is 11.2. The molecule has 1 aliphatic carbocycles. The number of aromatic amines is 1. The van der Waals surface area contributed by atoms with E-state index in [9.17, 15) is 4.79 Å². The Bertz CT molecular complexity index is 560. The minimum absolute atomic E-state index is 0.395. The second-order valence-electron chi connectivity index (χ2n) is 4.93. The largest absolute Gasteiger partial charge is 0.341 e. The second kappa shape index (κ2) is 4.69. The number of rotatable bonds is 2. The van der Waals surface area contributed by atoms with Crippen molar-refractivity contribution in [2.45, 2.75) is 38.5 Å². The molecule has 0 amide bonds. The summed E-state index contributed by atoms with van der Waals surface area (Å²) in [5, 5.41) is 2.10. The highest BCUT2D eigenvalue weighted by molar-refractivity contribution is 7.13. The van der Waals surface area contributed by atoms with Gasteiger partial charge in [0, 0.05) is 18.8 Å². The number of nitrogens with one attached hydrogen (secondary N) is 1. The molecule has 0 bridgehead atoms.